The summed E-state index contributed by atoms with van der Waals surface area (Å²) < 4.78 is 37.2. The highest BCUT2D eigenvalue weighted by Gasteiger charge is 2.38. The molecule has 2 aromatic carbocycles. The summed E-state index contributed by atoms with van der Waals surface area (Å²) in [5.41, 5.74) is 10.8. The van der Waals surface area contributed by atoms with E-state index in [0.717, 1.165) is 29.8 Å². The Morgan fingerprint density at radius 2 is 1.84 bits per heavy atom. The number of alkyl halides is 3. The predicted octanol–water partition coefficient (Wildman–Crippen LogP) is 3.85. The molecule has 0 spiro atoms. The van der Waals surface area contributed by atoms with Gasteiger partial charge in [0.05, 0.1) is 0 Å². The first-order chi connectivity index (χ1) is 15.0. The number of nitrogens with zero attached hydrogens (tertiary/aromatic N) is 3. The van der Waals surface area contributed by atoms with Crippen LogP contribution < -0.4 is 5.73 Å². The molecule has 0 amide bonds. The number of halogens is 3. The molecule has 3 N–H and O–H groups in total. The predicted molar refractivity (Wildman–Crippen MR) is 115 cm³/mol. The number of likely N-dealkylation sites (tertiary alicyclic amines) is 1. The third-order valence-electron chi connectivity index (χ3n) is 5.32. The molecule has 32 heavy (non-hydrogen) atoms. The second-order valence-corrected chi connectivity index (χ2v) is 7.88. The highest BCUT2D eigenvalue weighted by molar-refractivity contribution is 5.81. The number of likely N-dealkylation sites (N-methyl/N-ethyl adjacent to an activating group) is 1. The molecule has 1 fully saturated rings. The van der Waals surface area contributed by atoms with E-state index in [1.165, 1.54) is 24.1 Å². The normalized spacial score (nSPS) is 16.9. The van der Waals surface area contributed by atoms with Crippen LogP contribution in [-0.2, 0) is 11.3 Å². The van der Waals surface area contributed by atoms with E-state index in [1.54, 1.807) is 0 Å². The van der Waals surface area contributed by atoms with Crippen molar-refractivity contribution in [3.63, 3.8) is 0 Å². The molecular formula is C22H25F3N4O3. The number of oxazole rings is 1. The number of carbonyl (C=O) groups is 1. The number of carboxylic acids is 1. The summed E-state index contributed by atoms with van der Waals surface area (Å²) in [4.78, 5) is 17.9. The molecule has 172 valence electrons. The van der Waals surface area contributed by atoms with E-state index >= 15 is 0 Å². The zero-order valence-electron chi connectivity index (χ0n) is 17.8. The van der Waals surface area contributed by atoms with Gasteiger partial charge in [-0.3, -0.25) is 4.90 Å². The van der Waals surface area contributed by atoms with Crippen molar-refractivity contribution in [1.82, 2.24) is 14.8 Å². The molecule has 1 aliphatic rings. The van der Waals surface area contributed by atoms with Crippen molar-refractivity contribution in [2.45, 2.75) is 25.2 Å². The molecule has 0 radical (unpaired) electrons. The lowest BCUT2D eigenvalue weighted by atomic mass is 10.0. The van der Waals surface area contributed by atoms with E-state index in [9.17, 15) is 13.2 Å². The Hall–Kier alpha value is -3.11. The third kappa shape index (κ3) is 5.98. The number of nitrogen functional groups attached to an aromatic ring is 1. The van der Waals surface area contributed by atoms with Crippen LogP contribution in [0.25, 0.3) is 22.2 Å². The summed E-state index contributed by atoms with van der Waals surface area (Å²) in [6, 6.07) is 15.7. The first kappa shape index (κ1) is 23.6. The second-order valence-electron chi connectivity index (χ2n) is 7.88. The Bertz CT molecular complexity index is 1060. The van der Waals surface area contributed by atoms with Gasteiger partial charge < -0.3 is 20.2 Å². The smallest absolute Gasteiger partial charge is 0.475 e. The summed E-state index contributed by atoms with van der Waals surface area (Å²) in [6.45, 7) is 3.34. The standard InChI is InChI=1S/C20H24N4O.C2HF3O2/c1-23(2)17-9-10-24(13-17)12-14-3-5-15(6-4-14)16-7-8-18-19(11-16)25-20(21)22-18;3-2(4,5)1(6)7/h3-8,11,17H,9-10,12-13H2,1-2H3,(H2,21,22);(H,6,7). The van der Waals surface area contributed by atoms with E-state index in [2.05, 4.69) is 59.2 Å². The van der Waals surface area contributed by atoms with E-state index in [1.807, 2.05) is 12.1 Å². The molecule has 1 saturated heterocycles. The van der Waals surface area contributed by atoms with E-state index < -0.39 is 12.1 Å². The largest absolute Gasteiger partial charge is 0.490 e. The summed E-state index contributed by atoms with van der Waals surface area (Å²) in [7, 11) is 4.34. The van der Waals surface area contributed by atoms with Gasteiger partial charge in [-0.15, -0.1) is 0 Å². The van der Waals surface area contributed by atoms with Gasteiger partial charge in [-0.2, -0.15) is 18.2 Å². The van der Waals surface area contributed by atoms with E-state index in [-0.39, 0.29) is 6.01 Å². The lowest BCUT2D eigenvalue weighted by Gasteiger charge is -2.20. The van der Waals surface area contributed by atoms with Gasteiger partial charge >= 0.3 is 12.1 Å². The number of benzene rings is 2. The lowest BCUT2D eigenvalue weighted by molar-refractivity contribution is -0.192. The molecule has 1 aliphatic heterocycles. The maximum atomic E-state index is 10.6. The highest BCUT2D eigenvalue weighted by Crippen LogP contribution is 2.26. The average molecular weight is 450 g/mol. The highest BCUT2D eigenvalue weighted by atomic mass is 19.4. The zero-order valence-corrected chi connectivity index (χ0v) is 17.8. The van der Waals surface area contributed by atoms with Crippen LogP contribution in [0.5, 0.6) is 0 Å². The van der Waals surface area contributed by atoms with Gasteiger partial charge in [-0.05, 0) is 49.3 Å². The molecule has 4 rings (SSSR count). The van der Waals surface area contributed by atoms with Gasteiger partial charge in [0.2, 0.25) is 0 Å². The van der Waals surface area contributed by atoms with Crippen molar-refractivity contribution >= 4 is 23.1 Å². The zero-order chi connectivity index (χ0) is 23.5. The fourth-order valence-electron chi connectivity index (χ4n) is 3.56. The van der Waals surface area contributed by atoms with Crippen LogP contribution in [0.3, 0.4) is 0 Å². The number of aromatic nitrogens is 1. The molecule has 0 saturated carbocycles. The first-order valence-electron chi connectivity index (χ1n) is 9.97. The minimum atomic E-state index is -5.08. The third-order valence-corrected chi connectivity index (χ3v) is 5.32. The van der Waals surface area contributed by atoms with Crippen molar-refractivity contribution in [3.8, 4) is 11.1 Å². The summed E-state index contributed by atoms with van der Waals surface area (Å²) in [6.07, 6.45) is -3.83. The molecule has 1 atom stereocenters. The van der Waals surface area contributed by atoms with Crippen molar-refractivity contribution in [1.29, 1.82) is 0 Å². The molecule has 10 heteroatoms. The van der Waals surface area contributed by atoms with Crippen LogP contribution in [0.1, 0.15) is 12.0 Å². The van der Waals surface area contributed by atoms with Gasteiger partial charge in [0, 0.05) is 25.7 Å². The molecular weight excluding hydrogens is 425 g/mol. The monoisotopic (exact) mass is 450 g/mol. The van der Waals surface area contributed by atoms with Crippen molar-refractivity contribution < 1.29 is 27.5 Å². The number of aliphatic carboxylic acids is 1. The Morgan fingerprint density at radius 3 is 2.41 bits per heavy atom. The van der Waals surface area contributed by atoms with Gasteiger partial charge in [0.1, 0.15) is 5.52 Å². The van der Waals surface area contributed by atoms with E-state index in [0.29, 0.717) is 6.04 Å². The summed E-state index contributed by atoms with van der Waals surface area (Å²) >= 11 is 0. The quantitative estimate of drug-likeness (QED) is 0.623. The molecule has 0 aliphatic carbocycles. The fraction of sp³-hybridized carbons (Fsp3) is 0.364. The number of carboxylic acid groups (broad SMARTS) is 1. The first-order valence-corrected chi connectivity index (χ1v) is 9.97. The molecule has 2 heterocycles. The minimum Gasteiger partial charge on any atom is -0.475 e. The van der Waals surface area contributed by atoms with Crippen molar-refractivity contribution in [3.05, 3.63) is 48.0 Å². The van der Waals surface area contributed by atoms with Crippen LogP contribution in [0.4, 0.5) is 19.2 Å². The summed E-state index contributed by atoms with van der Waals surface area (Å²) in [5.74, 6) is -2.76. The fourth-order valence-corrected chi connectivity index (χ4v) is 3.56. The van der Waals surface area contributed by atoms with Crippen molar-refractivity contribution in [2.75, 3.05) is 32.9 Å². The molecule has 3 aromatic rings. The number of fused-ring (bicyclic) bond motifs is 1. The second kappa shape index (κ2) is 9.58. The van der Waals surface area contributed by atoms with Crippen LogP contribution in [0, 0.1) is 0 Å². The Balaban J connectivity index is 0.000000360. The van der Waals surface area contributed by atoms with Crippen LogP contribution in [-0.4, -0.2) is 65.3 Å². The molecule has 1 aromatic heterocycles. The van der Waals surface area contributed by atoms with Crippen molar-refractivity contribution in [2.24, 2.45) is 0 Å². The Kier molecular flexibility index (Phi) is 7.05. The van der Waals surface area contributed by atoms with Gasteiger partial charge in [0.15, 0.2) is 5.58 Å². The number of nitrogens with two attached hydrogens (primary N) is 1. The molecule has 7 nitrogen and oxygen atoms in total. The van der Waals surface area contributed by atoms with Gasteiger partial charge in [-0.25, -0.2) is 4.79 Å². The van der Waals surface area contributed by atoms with Gasteiger partial charge in [0.25, 0.3) is 6.01 Å². The number of rotatable bonds is 4. The van der Waals surface area contributed by atoms with Crippen LogP contribution >= 0.6 is 0 Å². The maximum absolute atomic E-state index is 10.6. The SMILES string of the molecule is CN(C)C1CCN(Cc2ccc(-c3ccc4nc(N)oc4c3)cc2)C1.O=C(O)C(F)(F)F. The number of hydrogen-bond donors (Lipinski definition) is 2. The van der Waals surface area contributed by atoms with Crippen LogP contribution in [0.2, 0.25) is 0 Å². The molecule has 1 unspecified atom stereocenters. The van der Waals surface area contributed by atoms with E-state index in [4.69, 9.17) is 20.1 Å². The Labute approximate surface area is 183 Å². The van der Waals surface area contributed by atoms with Gasteiger partial charge in [-0.1, -0.05) is 30.3 Å². The summed E-state index contributed by atoms with van der Waals surface area (Å²) in [5, 5.41) is 7.12. The van der Waals surface area contributed by atoms with Crippen LogP contribution in [0.15, 0.2) is 46.9 Å². The lowest BCUT2D eigenvalue weighted by Crippen LogP contribution is -2.31. The minimum absolute atomic E-state index is 0.212. The Morgan fingerprint density at radius 1 is 1.22 bits per heavy atom. The topological polar surface area (TPSA) is 95.8 Å². The molecule has 0 bridgehead atoms. The number of hydrogen-bond acceptors (Lipinski definition) is 6. The average Bonchev–Trinajstić information content (AvgIpc) is 3.33. The maximum Gasteiger partial charge on any atom is 0.490 e. The number of anilines is 1.